The van der Waals surface area contributed by atoms with Gasteiger partial charge in [0.15, 0.2) is 0 Å². The molecule has 2 aromatic rings. The molecule has 1 atom stereocenters. The molecule has 1 fully saturated rings. The van der Waals surface area contributed by atoms with Gasteiger partial charge in [-0.05, 0) is 31.5 Å². The average molecular weight is 235 g/mol. The average Bonchev–Trinajstić information content (AvgIpc) is 2.80. The number of aliphatic hydroxyl groups is 1. The van der Waals surface area contributed by atoms with Crippen LogP contribution in [0, 0.1) is 5.82 Å². The van der Waals surface area contributed by atoms with E-state index in [0.717, 1.165) is 18.5 Å². The number of fused-ring (bicyclic) bond motifs is 1. The van der Waals surface area contributed by atoms with Crippen molar-refractivity contribution in [3.63, 3.8) is 0 Å². The van der Waals surface area contributed by atoms with Gasteiger partial charge in [-0.25, -0.2) is 9.37 Å². The molecule has 1 aromatic carbocycles. The van der Waals surface area contributed by atoms with Crippen molar-refractivity contribution in [1.29, 1.82) is 0 Å². The lowest BCUT2D eigenvalue weighted by molar-refractivity contribution is 0.0838. The molecule has 0 spiro atoms. The van der Waals surface area contributed by atoms with Crippen LogP contribution in [0.3, 0.4) is 0 Å². The second kappa shape index (κ2) is 3.43. The van der Waals surface area contributed by atoms with Crippen LogP contribution < -0.4 is 4.90 Å². The summed E-state index contributed by atoms with van der Waals surface area (Å²) in [5.41, 5.74) is 0.768. The Hall–Kier alpha value is -1.62. The van der Waals surface area contributed by atoms with E-state index in [1.807, 2.05) is 11.8 Å². The molecule has 1 saturated heterocycles. The van der Waals surface area contributed by atoms with Crippen molar-refractivity contribution in [2.24, 2.45) is 0 Å². The van der Waals surface area contributed by atoms with Gasteiger partial charge in [0.05, 0.1) is 16.6 Å². The summed E-state index contributed by atoms with van der Waals surface area (Å²) in [4.78, 5) is 9.46. The third-order valence-corrected chi connectivity index (χ3v) is 3.18. The number of hydrogen-bond acceptors (Lipinski definition) is 3. The molecule has 0 aliphatic carbocycles. The highest BCUT2D eigenvalue weighted by Crippen LogP contribution is 2.26. The molecular weight excluding hydrogens is 221 g/mol. The van der Waals surface area contributed by atoms with Crippen molar-refractivity contribution in [2.45, 2.75) is 18.9 Å². The summed E-state index contributed by atoms with van der Waals surface area (Å²) in [6.07, 6.45) is 0.721. The van der Waals surface area contributed by atoms with Gasteiger partial charge in [0.2, 0.25) is 5.95 Å². The smallest absolute Gasteiger partial charge is 0.203 e. The lowest BCUT2D eigenvalue weighted by Gasteiger charge is -2.17. The Balaban J connectivity index is 1.96. The molecule has 1 aliphatic rings. The molecule has 90 valence electrons. The summed E-state index contributed by atoms with van der Waals surface area (Å²) in [5.74, 6) is 0.421. The fourth-order valence-electron chi connectivity index (χ4n) is 2.24. The summed E-state index contributed by atoms with van der Waals surface area (Å²) in [6.45, 7) is 3.12. The lowest BCUT2D eigenvalue weighted by atomic mass is 10.1. The number of benzene rings is 1. The molecule has 0 amide bonds. The molecule has 2 N–H and O–H groups in total. The van der Waals surface area contributed by atoms with E-state index in [1.165, 1.54) is 12.1 Å². The fraction of sp³-hybridized carbons (Fsp3) is 0.417. The Kier molecular flexibility index (Phi) is 2.13. The number of rotatable bonds is 1. The summed E-state index contributed by atoms with van der Waals surface area (Å²) >= 11 is 0. The van der Waals surface area contributed by atoms with Crippen LogP contribution in [0.5, 0.6) is 0 Å². The SMILES string of the molecule is CC1(O)CCN(c2nc3ccc(F)cc3[nH]2)C1. The molecular formula is C12H14FN3O. The number of nitrogens with zero attached hydrogens (tertiary/aromatic N) is 2. The highest BCUT2D eigenvalue weighted by atomic mass is 19.1. The van der Waals surface area contributed by atoms with E-state index in [-0.39, 0.29) is 5.82 Å². The molecule has 0 bridgehead atoms. The summed E-state index contributed by atoms with van der Waals surface area (Å²) in [7, 11) is 0. The predicted octanol–water partition coefficient (Wildman–Crippen LogP) is 1.66. The first-order valence-corrected chi connectivity index (χ1v) is 5.66. The van der Waals surface area contributed by atoms with Crippen LogP contribution >= 0.6 is 0 Å². The van der Waals surface area contributed by atoms with Gasteiger partial charge in [0, 0.05) is 13.1 Å². The van der Waals surface area contributed by atoms with Crippen LogP contribution in [0.4, 0.5) is 10.3 Å². The largest absolute Gasteiger partial charge is 0.388 e. The van der Waals surface area contributed by atoms with Crippen LogP contribution in [0.1, 0.15) is 13.3 Å². The van der Waals surface area contributed by atoms with E-state index in [1.54, 1.807) is 6.07 Å². The van der Waals surface area contributed by atoms with Crippen LogP contribution in [0.25, 0.3) is 11.0 Å². The number of H-pyrrole nitrogens is 1. The zero-order chi connectivity index (χ0) is 12.0. The van der Waals surface area contributed by atoms with E-state index < -0.39 is 5.60 Å². The highest BCUT2D eigenvalue weighted by molar-refractivity contribution is 5.77. The summed E-state index contributed by atoms with van der Waals surface area (Å²) < 4.78 is 13.0. The molecule has 17 heavy (non-hydrogen) atoms. The topological polar surface area (TPSA) is 52.1 Å². The Morgan fingerprint density at radius 1 is 1.53 bits per heavy atom. The molecule has 1 unspecified atom stereocenters. The second-order valence-corrected chi connectivity index (χ2v) is 4.89. The normalized spacial score (nSPS) is 24.8. The van der Waals surface area contributed by atoms with Crippen LogP contribution in [0.15, 0.2) is 18.2 Å². The Labute approximate surface area is 98.1 Å². The molecule has 1 aromatic heterocycles. The van der Waals surface area contributed by atoms with E-state index in [2.05, 4.69) is 9.97 Å². The van der Waals surface area contributed by atoms with Crippen LogP contribution in [0.2, 0.25) is 0 Å². The Bertz CT molecular complexity index is 564. The van der Waals surface area contributed by atoms with Gasteiger partial charge < -0.3 is 15.0 Å². The van der Waals surface area contributed by atoms with E-state index >= 15 is 0 Å². The molecule has 2 heterocycles. The maximum absolute atomic E-state index is 13.0. The van der Waals surface area contributed by atoms with Crippen LogP contribution in [-0.4, -0.2) is 33.8 Å². The summed E-state index contributed by atoms with van der Waals surface area (Å²) in [6, 6.07) is 4.48. The van der Waals surface area contributed by atoms with Gasteiger partial charge in [-0.3, -0.25) is 0 Å². The highest BCUT2D eigenvalue weighted by Gasteiger charge is 2.32. The number of anilines is 1. The van der Waals surface area contributed by atoms with Gasteiger partial charge in [-0.2, -0.15) is 0 Å². The first-order chi connectivity index (χ1) is 8.03. The molecule has 3 rings (SSSR count). The molecule has 1 aliphatic heterocycles. The third kappa shape index (κ3) is 1.86. The van der Waals surface area contributed by atoms with E-state index in [9.17, 15) is 9.50 Å². The van der Waals surface area contributed by atoms with Crippen molar-refractivity contribution in [2.75, 3.05) is 18.0 Å². The number of imidazole rings is 1. The van der Waals surface area contributed by atoms with E-state index in [0.29, 0.717) is 18.0 Å². The first-order valence-electron chi connectivity index (χ1n) is 5.66. The third-order valence-electron chi connectivity index (χ3n) is 3.18. The second-order valence-electron chi connectivity index (χ2n) is 4.89. The monoisotopic (exact) mass is 235 g/mol. The number of nitrogens with one attached hydrogen (secondary N) is 1. The van der Waals surface area contributed by atoms with Crippen molar-refractivity contribution < 1.29 is 9.50 Å². The van der Waals surface area contributed by atoms with Crippen molar-refractivity contribution in [1.82, 2.24) is 9.97 Å². The van der Waals surface area contributed by atoms with Gasteiger partial charge in [0.25, 0.3) is 0 Å². The van der Waals surface area contributed by atoms with Gasteiger partial charge in [-0.1, -0.05) is 0 Å². The molecule has 0 radical (unpaired) electrons. The zero-order valence-electron chi connectivity index (χ0n) is 9.57. The summed E-state index contributed by atoms with van der Waals surface area (Å²) in [5, 5.41) is 9.90. The van der Waals surface area contributed by atoms with E-state index in [4.69, 9.17) is 0 Å². The first kappa shape index (κ1) is 10.5. The van der Waals surface area contributed by atoms with Crippen molar-refractivity contribution in [3.05, 3.63) is 24.0 Å². The number of hydrogen-bond donors (Lipinski definition) is 2. The number of β-amino-alcohol motifs (C(OH)–C–C–N with tert-alkyl or cyclic N) is 1. The number of aromatic nitrogens is 2. The van der Waals surface area contributed by atoms with Gasteiger partial charge in [-0.15, -0.1) is 0 Å². The number of aromatic amines is 1. The van der Waals surface area contributed by atoms with Gasteiger partial charge >= 0.3 is 0 Å². The quantitative estimate of drug-likeness (QED) is 0.790. The maximum atomic E-state index is 13.0. The van der Waals surface area contributed by atoms with Crippen molar-refractivity contribution >= 4 is 17.0 Å². The minimum Gasteiger partial charge on any atom is -0.388 e. The lowest BCUT2D eigenvalue weighted by Crippen LogP contribution is -2.30. The molecule has 4 nitrogen and oxygen atoms in total. The van der Waals surface area contributed by atoms with Crippen LogP contribution in [-0.2, 0) is 0 Å². The minimum atomic E-state index is -0.662. The fourth-order valence-corrected chi connectivity index (χ4v) is 2.24. The number of halogens is 1. The Morgan fingerprint density at radius 3 is 3.06 bits per heavy atom. The maximum Gasteiger partial charge on any atom is 0.203 e. The minimum absolute atomic E-state index is 0.277. The Morgan fingerprint density at radius 2 is 2.35 bits per heavy atom. The zero-order valence-corrected chi connectivity index (χ0v) is 9.57. The van der Waals surface area contributed by atoms with Gasteiger partial charge in [0.1, 0.15) is 5.82 Å². The predicted molar refractivity (Wildman–Crippen MR) is 63.5 cm³/mol. The molecule has 5 heteroatoms. The van der Waals surface area contributed by atoms with Crippen molar-refractivity contribution in [3.8, 4) is 0 Å². The molecule has 0 saturated carbocycles. The standard InChI is InChI=1S/C12H14FN3O/c1-12(17)4-5-16(7-12)11-14-9-3-2-8(13)6-10(9)15-11/h2-3,6,17H,4-5,7H2,1H3,(H,14,15).